The molecule has 1 aliphatic rings. The molecule has 0 saturated carbocycles. The van der Waals surface area contributed by atoms with Crippen molar-refractivity contribution in [2.45, 2.75) is 59.2 Å². The summed E-state index contributed by atoms with van der Waals surface area (Å²) in [6.45, 7) is 9.89. The summed E-state index contributed by atoms with van der Waals surface area (Å²) in [4.78, 5) is 15.2. The van der Waals surface area contributed by atoms with Gasteiger partial charge in [-0.25, -0.2) is 0 Å². The van der Waals surface area contributed by atoms with Crippen LogP contribution in [-0.4, -0.2) is 30.0 Å². The highest BCUT2D eigenvalue weighted by molar-refractivity contribution is 5.81. The molecule has 0 spiro atoms. The van der Waals surface area contributed by atoms with Gasteiger partial charge in [-0.15, -0.1) is 0 Å². The molecule has 0 aromatic heterocycles. The number of amides is 1. The molecule has 2 aromatic carbocycles. The van der Waals surface area contributed by atoms with Crippen molar-refractivity contribution in [2.24, 2.45) is 0 Å². The Morgan fingerprint density at radius 1 is 1.11 bits per heavy atom. The zero-order chi connectivity index (χ0) is 19.9. The average molecular weight is 381 g/mol. The largest absolute Gasteiger partial charge is 0.480 e. The van der Waals surface area contributed by atoms with E-state index in [1.54, 1.807) is 0 Å². The zero-order valence-electron chi connectivity index (χ0n) is 17.3. The third-order valence-electron chi connectivity index (χ3n) is 5.43. The van der Waals surface area contributed by atoms with E-state index in [0.717, 1.165) is 17.9 Å². The van der Waals surface area contributed by atoms with Crippen molar-refractivity contribution < 1.29 is 9.53 Å². The Balaban J connectivity index is 1.60. The normalized spacial score (nSPS) is 15.4. The number of hydrogen-bond donors (Lipinski definition) is 1. The number of carbonyl (C=O) groups excluding carboxylic acids is 1. The van der Waals surface area contributed by atoms with Crippen molar-refractivity contribution in [3.8, 4) is 5.75 Å². The predicted molar refractivity (Wildman–Crippen MR) is 113 cm³/mol. The SMILES string of the molecule is CCC(Oc1ccc(C)cc1C)C(=O)NCc1ccccc1CN1CCCC1. The van der Waals surface area contributed by atoms with Crippen LogP contribution in [0.4, 0.5) is 0 Å². The van der Waals surface area contributed by atoms with Gasteiger partial charge in [-0.1, -0.05) is 48.9 Å². The lowest BCUT2D eigenvalue weighted by Crippen LogP contribution is -2.38. The summed E-state index contributed by atoms with van der Waals surface area (Å²) in [5.41, 5.74) is 4.73. The van der Waals surface area contributed by atoms with Crippen LogP contribution in [0.5, 0.6) is 5.75 Å². The van der Waals surface area contributed by atoms with E-state index in [9.17, 15) is 4.79 Å². The third-order valence-corrected chi connectivity index (χ3v) is 5.43. The molecule has 2 aromatic rings. The molecule has 1 saturated heterocycles. The highest BCUT2D eigenvalue weighted by Crippen LogP contribution is 2.21. The second-order valence-corrected chi connectivity index (χ2v) is 7.75. The zero-order valence-corrected chi connectivity index (χ0v) is 17.3. The lowest BCUT2D eigenvalue weighted by atomic mass is 10.1. The fourth-order valence-electron chi connectivity index (χ4n) is 3.77. The molecule has 28 heavy (non-hydrogen) atoms. The maximum absolute atomic E-state index is 12.7. The van der Waals surface area contributed by atoms with Crippen LogP contribution >= 0.6 is 0 Å². The van der Waals surface area contributed by atoms with E-state index in [4.69, 9.17) is 4.74 Å². The summed E-state index contributed by atoms with van der Waals surface area (Å²) in [5, 5.41) is 3.08. The van der Waals surface area contributed by atoms with Crippen LogP contribution in [0.2, 0.25) is 0 Å². The maximum Gasteiger partial charge on any atom is 0.261 e. The van der Waals surface area contributed by atoms with Gasteiger partial charge in [-0.2, -0.15) is 0 Å². The molecule has 0 bridgehead atoms. The summed E-state index contributed by atoms with van der Waals surface area (Å²) in [7, 11) is 0. The first-order chi connectivity index (χ1) is 13.6. The lowest BCUT2D eigenvalue weighted by Gasteiger charge is -2.20. The minimum absolute atomic E-state index is 0.0570. The number of ether oxygens (including phenoxy) is 1. The van der Waals surface area contributed by atoms with E-state index in [-0.39, 0.29) is 5.91 Å². The van der Waals surface area contributed by atoms with Crippen molar-refractivity contribution in [3.63, 3.8) is 0 Å². The van der Waals surface area contributed by atoms with Crippen LogP contribution < -0.4 is 10.1 Å². The topological polar surface area (TPSA) is 41.6 Å². The second-order valence-electron chi connectivity index (χ2n) is 7.75. The molecular formula is C24H32N2O2. The summed E-state index contributed by atoms with van der Waals surface area (Å²) in [6.07, 6.45) is 2.72. The van der Waals surface area contributed by atoms with Crippen molar-refractivity contribution in [1.82, 2.24) is 10.2 Å². The molecule has 1 amide bonds. The fourth-order valence-corrected chi connectivity index (χ4v) is 3.77. The van der Waals surface area contributed by atoms with E-state index in [1.807, 2.05) is 32.0 Å². The predicted octanol–water partition coefficient (Wildman–Crippen LogP) is 4.37. The molecule has 1 heterocycles. The van der Waals surface area contributed by atoms with Gasteiger partial charge in [0, 0.05) is 13.1 Å². The van der Waals surface area contributed by atoms with Gasteiger partial charge >= 0.3 is 0 Å². The molecule has 1 atom stereocenters. The molecule has 1 fully saturated rings. The Kier molecular flexibility index (Phi) is 7.10. The van der Waals surface area contributed by atoms with E-state index < -0.39 is 6.10 Å². The number of rotatable bonds is 8. The van der Waals surface area contributed by atoms with Crippen LogP contribution in [0.15, 0.2) is 42.5 Å². The smallest absolute Gasteiger partial charge is 0.261 e. The van der Waals surface area contributed by atoms with Crippen molar-refractivity contribution in [3.05, 3.63) is 64.7 Å². The van der Waals surface area contributed by atoms with Crippen molar-refractivity contribution >= 4 is 5.91 Å². The first-order valence-electron chi connectivity index (χ1n) is 10.4. The minimum Gasteiger partial charge on any atom is -0.480 e. The first kappa shape index (κ1) is 20.4. The molecular weight excluding hydrogens is 348 g/mol. The molecule has 0 aliphatic carbocycles. The molecule has 1 unspecified atom stereocenters. The summed E-state index contributed by atoms with van der Waals surface area (Å²) in [6, 6.07) is 14.4. The number of carbonyl (C=O) groups is 1. The summed E-state index contributed by atoms with van der Waals surface area (Å²) < 4.78 is 6.02. The standard InChI is InChI=1S/C24H32N2O2/c1-4-22(28-23-12-11-18(2)15-19(23)3)24(27)25-16-20-9-5-6-10-21(20)17-26-13-7-8-14-26/h5-6,9-12,15,22H,4,7-8,13-14,16-17H2,1-3H3,(H,25,27). The van der Waals surface area contributed by atoms with Crippen molar-refractivity contribution in [2.75, 3.05) is 13.1 Å². The Bertz CT molecular complexity index is 797. The van der Waals surface area contributed by atoms with Crippen molar-refractivity contribution in [1.29, 1.82) is 0 Å². The van der Waals surface area contributed by atoms with Crippen LogP contribution in [0.25, 0.3) is 0 Å². The maximum atomic E-state index is 12.7. The van der Waals surface area contributed by atoms with E-state index in [2.05, 4.69) is 41.4 Å². The quantitative estimate of drug-likeness (QED) is 0.739. The van der Waals surface area contributed by atoms with Gasteiger partial charge in [0.25, 0.3) is 5.91 Å². The number of hydrogen-bond acceptors (Lipinski definition) is 3. The molecule has 1 N–H and O–H groups in total. The Labute approximate surface area is 168 Å². The number of nitrogens with one attached hydrogen (secondary N) is 1. The Morgan fingerprint density at radius 2 is 1.82 bits per heavy atom. The first-order valence-corrected chi connectivity index (χ1v) is 10.4. The number of likely N-dealkylation sites (tertiary alicyclic amines) is 1. The fraction of sp³-hybridized carbons (Fsp3) is 0.458. The van der Waals surface area contributed by atoms with Gasteiger partial charge < -0.3 is 10.1 Å². The summed E-state index contributed by atoms with van der Waals surface area (Å²) >= 11 is 0. The van der Waals surface area contributed by atoms with E-state index in [1.165, 1.54) is 42.6 Å². The van der Waals surface area contributed by atoms with Gasteiger partial charge in [-0.05, 0) is 69.0 Å². The monoisotopic (exact) mass is 380 g/mol. The van der Waals surface area contributed by atoms with Gasteiger partial charge in [0.15, 0.2) is 6.10 Å². The van der Waals surface area contributed by atoms with E-state index in [0.29, 0.717) is 13.0 Å². The number of benzene rings is 2. The highest BCUT2D eigenvalue weighted by Gasteiger charge is 2.20. The minimum atomic E-state index is -0.479. The molecule has 1 aliphatic heterocycles. The average Bonchev–Trinajstić information content (AvgIpc) is 3.19. The Morgan fingerprint density at radius 3 is 2.50 bits per heavy atom. The molecule has 4 heteroatoms. The number of aryl methyl sites for hydroxylation is 2. The molecule has 150 valence electrons. The summed E-state index contributed by atoms with van der Waals surface area (Å²) in [5.74, 6) is 0.723. The van der Waals surface area contributed by atoms with Gasteiger partial charge in [0.1, 0.15) is 5.75 Å². The lowest BCUT2D eigenvalue weighted by molar-refractivity contribution is -0.128. The molecule has 0 radical (unpaired) electrons. The van der Waals surface area contributed by atoms with E-state index >= 15 is 0 Å². The van der Waals surface area contributed by atoms with Crippen LogP contribution in [0.3, 0.4) is 0 Å². The molecule has 3 rings (SSSR count). The van der Waals surface area contributed by atoms with Gasteiger partial charge in [0.05, 0.1) is 0 Å². The highest BCUT2D eigenvalue weighted by atomic mass is 16.5. The van der Waals surface area contributed by atoms with Gasteiger partial charge in [-0.3, -0.25) is 9.69 Å². The van der Waals surface area contributed by atoms with Gasteiger partial charge in [0.2, 0.25) is 0 Å². The Hall–Kier alpha value is -2.33. The second kappa shape index (κ2) is 9.74. The van der Waals surface area contributed by atoms with Crippen LogP contribution in [0.1, 0.15) is 48.4 Å². The third kappa shape index (κ3) is 5.35. The van der Waals surface area contributed by atoms with Crippen LogP contribution in [0, 0.1) is 13.8 Å². The molecule has 4 nitrogen and oxygen atoms in total. The number of nitrogens with zero attached hydrogens (tertiary/aromatic N) is 1. The van der Waals surface area contributed by atoms with Crippen LogP contribution in [-0.2, 0) is 17.9 Å².